The molecule has 1 aromatic rings. The van der Waals surface area contributed by atoms with Gasteiger partial charge >= 0.3 is 6.18 Å². The Kier molecular flexibility index (Phi) is 5.43. The minimum atomic E-state index is -4.27. The van der Waals surface area contributed by atoms with Crippen LogP contribution in [0.4, 0.5) is 13.2 Å². The lowest BCUT2D eigenvalue weighted by molar-refractivity contribution is -0.137. The zero-order valence-corrected chi connectivity index (χ0v) is 11.4. The highest BCUT2D eigenvalue weighted by atomic mass is 19.4. The van der Waals surface area contributed by atoms with Gasteiger partial charge in [0.1, 0.15) is 0 Å². The maximum atomic E-state index is 12.4. The molecule has 1 heterocycles. The fourth-order valence-corrected chi connectivity index (χ4v) is 2.38. The molecular formula is C15H20F3NO. The normalized spacial score (nSPS) is 20.1. The average molecular weight is 287 g/mol. The Morgan fingerprint density at radius 2 is 1.90 bits per heavy atom. The number of halogens is 3. The topological polar surface area (TPSA) is 21.3 Å². The third kappa shape index (κ3) is 4.80. The van der Waals surface area contributed by atoms with E-state index in [0.29, 0.717) is 19.3 Å². The molecule has 0 amide bonds. The molecule has 0 aliphatic carbocycles. The third-order valence-corrected chi connectivity index (χ3v) is 3.57. The van der Waals surface area contributed by atoms with Crippen LogP contribution in [0, 0.1) is 0 Å². The van der Waals surface area contributed by atoms with Gasteiger partial charge < -0.3 is 10.1 Å². The summed E-state index contributed by atoms with van der Waals surface area (Å²) in [6, 6.07) is 5.67. The molecule has 1 fully saturated rings. The van der Waals surface area contributed by atoms with Crippen molar-refractivity contribution in [3.63, 3.8) is 0 Å². The van der Waals surface area contributed by atoms with Crippen LogP contribution < -0.4 is 5.32 Å². The summed E-state index contributed by atoms with van der Waals surface area (Å²) in [4.78, 5) is 0. The van der Waals surface area contributed by atoms with E-state index in [1.54, 1.807) is 0 Å². The van der Waals surface area contributed by atoms with Crippen molar-refractivity contribution in [1.82, 2.24) is 5.32 Å². The second kappa shape index (κ2) is 7.09. The molecule has 1 aliphatic heterocycles. The summed E-state index contributed by atoms with van der Waals surface area (Å²) in [7, 11) is 0. The summed E-state index contributed by atoms with van der Waals surface area (Å²) >= 11 is 0. The van der Waals surface area contributed by atoms with Gasteiger partial charge in [0, 0.05) is 12.6 Å². The van der Waals surface area contributed by atoms with Gasteiger partial charge in [-0.3, -0.25) is 0 Å². The average Bonchev–Trinajstić information content (AvgIpc) is 2.44. The van der Waals surface area contributed by atoms with E-state index in [1.165, 1.54) is 31.4 Å². The number of ether oxygens (including phenoxy) is 1. The van der Waals surface area contributed by atoms with Crippen molar-refractivity contribution in [3.8, 4) is 0 Å². The first-order chi connectivity index (χ1) is 9.55. The van der Waals surface area contributed by atoms with E-state index in [9.17, 15) is 13.2 Å². The van der Waals surface area contributed by atoms with Crippen molar-refractivity contribution >= 4 is 0 Å². The van der Waals surface area contributed by atoms with Gasteiger partial charge in [-0.15, -0.1) is 0 Å². The summed E-state index contributed by atoms with van der Waals surface area (Å²) in [5.41, 5.74) is 0.155. The van der Waals surface area contributed by atoms with E-state index in [0.717, 1.165) is 30.7 Å². The lowest BCUT2D eigenvalue weighted by Crippen LogP contribution is -2.34. The highest BCUT2D eigenvalue weighted by molar-refractivity contribution is 5.24. The van der Waals surface area contributed by atoms with Gasteiger partial charge in [0.2, 0.25) is 0 Å². The Hall–Kier alpha value is -1.07. The smallest absolute Gasteiger partial charge is 0.377 e. The number of hydrogen-bond donors (Lipinski definition) is 1. The van der Waals surface area contributed by atoms with E-state index in [-0.39, 0.29) is 0 Å². The van der Waals surface area contributed by atoms with Gasteiger partial charge in [-0.2, -0.15) is 13.2 Å². The van der Waals surface area contributed by atoms with Crippen molar-refractivity contribution in [2.75, 3.05) is 13.2 Å². The molecule has 1 aromatic carbocycles. The van der Waals surface area contributed by atoms with Crippen molar-refractivity contribution in [3.05, 3.63) is 35.4 Å². The SMILES string of the molecule is FC(F)(F)c1ccc(COCCC2CCCCN2)cc1. The second-order valence-corrected chi connectivity index (χ2v) is 5.18. The van der Waals surface area contributed by atoms with Crippen molar-refractivity contribution in [1.29, 1.82) is 0 Å². The molecule has 0 radical (unpaired) electrons. The predicted octanol–water partition coefficient (Wildman–Crippen LogP) is 3.75. The summed E-state index contributed by atoms with van der Waals surface area (Å²) in [6.45, 7) is 2.08. The van der Waals surface area contributed by atoms with Crippen LogP contribution in [0.1, 0.15) is 36.8 Å². The molecule has 1 unspecified atom stereocenters. The molecule has 2 nitrogen and oxygen atoms in total. The summed E-state index contributed by atoms with van der Waals surface area (Å²) in [6.07, 6.45) is 0.371. The molecule has 0 aromatic heterocycles. The van der Waals surface area contributed by atoms with Crippen LogP contribution in [0.3, 0.4) is 0 Å². The molecule has 1 saturated heterocycles. The number of piperidine rings is 1. The Labute approximate surface area is 117 Å². The van der Waals surface area contributed by atoms with Crippen molar-refractivity contribution in [2.24, 2.45) is 0 Å². The van der Waals surface area contributed by atoms with Crippen LogP contribution in [0.25, 0.3) is 0 Å². The minimum Gasteiger partial charge on any atom is -0.377 e. The molecule has 112 valence electrons. The van der Waals surface area contributed by atoms with Gasteiger partial charge in [-0.1, -0.05) is 18.6 Å². The van der Waals surface area contributed by atoms with E-state index in [2.05, 4.69) is 5.32 Å². The molecule has 1 N–H and O–H groups in total. The van der Waals surface area contributed by atoms with Crippen LogP contribution in [-0.4, -0.2) is 19.2 Å². The molecule has 2 rings (SSSR count). The van der Waals surface area contributed by atoms with Crippen molar-refractivity contribution < 1.29 is 17.9 Å². The maximum Gasteiger partial charge on any atom is 0.416 e. The summed E-state index contributed by atoms with van der Waals surface area (Å²) in [5.74, 6) is 0. The van der Waals surface area contributed by atoms with E-state index < -0.39 is 11.7 Å². The zero-order valence-electron chi connectivity index (χ0n) is 11.4. The molecule has 1 aliphatic rings. The fourth-order valence-electron chi connectivity index (χ4n) is 2.38. The number of hydrogen-bond acceptors (Lipinski definition) is 2. The van der Waals surface area contributed by atoms with Gasteiger partial charge in [0.05, 0.1) is 12.2 Å². The van der Waals surface area contributed by atoms with E-state index in [4.69, 9.17) is 4.74 Å². The Bertz CT molecular complexity index is 397. The molecular weight excluding hydrogens is 267 g/mol. The highest BCUT2D eigenvalue weighted by Gasteiger charge is 2.29. The Morgan fingerprint density at radius 3 is 2.50 bits per heavy atom. The first kappa shape index (κ1) is 15.3. The third-order valence-electron chi connectivity index (χ3n) is 3.57. The number of alkyl halides is 3. The molecule has 1 atom stereocenters. The lowest BCUT2D eigenvalue weighted by Gasteiger charge is -2.23. The second-order valence-electron chi connectivity index (χ2n) is 5.18. The Morgan fingerprint density at radius 1 is 1.15 bits per heavy atom. The zero-order chi connectivity index (χ0) is 14.4. The Balaban J connectivity index is 1.68. The first-order valence-electron chi connectivity index (χ1n) is 7.03. The number of rotatable bonds is 5. The van der Waals surface area contributed by atoms with Crippen molar-refractivity contribution in [2.45, 2.75) is 44.5 Å². The molecule has 0 spiro atoms. The van der Waals surface area contributed by atoms with Crippen LogP contribution in [-0.2, 0) is 17.5 Å². The summed E-state index contributed by atoms with van der Waals surface area (Å²) < 4.78 is 42.7. The predicted molar refractivity (Wildman–Crippen MR) is 71.4 cm³/mol. The highest BCUT2D eigenvalue weighted by Crippen LogP contribution is 2.29. The molecule has 0 bridgehead atoms. The monoisotopic (exact) mass is 287 g/mol. The van der Waals surface area contributed by atoms with Crippen LogP contribution in [0.2, 0.25) is 0 Å². The van der Waals surface area contributed by atoms with E-state index in [1.807, 2.05) is 0 Å². The number of nitrogens with one attached hydrogen (secondary N) is 1. The quantitative estimate of drug-likeness (QED) is 0.833. The van der Waals surface area contributed by atoms with Gasteiger partial charge in [0.15, 0.2) is 0 Å². The van der Waals surface area contributed by atoms with Gasteiger partial charge in [0.25, 0.3) is 0 Å². The first-order valence-corrected chi connectivity index (χ1v) is 7.03. The standard InChI is InChI=1S/C15H20F3NO/c16-15(17,18)13-6-4-12(5-7-13)11-20-10-8-14-3-1-2-9-19-14/h4-7,14,19H,1-3,8-11H2. The maximum absolute atomic E-state index is 12.4. The minimum absolute atomic E-state index is 0.366. The number of benzene rings is 1. The van der Waals surface area contributed by atoms with Crippen LogP contribution in [0.15, 0.2) is 24.3 Å². The lowest BCUT2D eigenvalue weighted by atomic mass is 10.0. The largest absolute Gasteiger partial charge is 0.416 e. The van der Waals surface area contributed by atoms with E-state index >= 15 is 0 Å². The van der Waals surface area contributed by atoms with Gasteiger partial charge in [-0.25, -0.2) is 0 Å². The van der Waals surface area contributed by atoms with Gasteiger partial charge in [-0.05, 0) is 43.5 Å². The molecule has 5 heteroatoms. The van der Waals surface area contributed by atoms with Crippen LogP contribution in [0.5, 0.6) is 0 Å². The van der Waals surface area contributed by atoms with Crippen LogP contribution >= 0.6 is 0 Å². The molecule has 20 heavy (non-hydrogen) atoms. The fraction of sp³-hybridized carbons (Fsp3) is 0.600. The molecule has 0 saturated carbocycles. The summed E-state index contributed by atoms with van der Waals surface area (Å²) in [5, 5.41) is 3.44.